The summed E-state index contributed by atoms with van der Waals surface area (Å²) in [5.41, 5.74) is 6.28. The van der Waals surface area contributed by atoms with E-state index in [4.69, 9.17) is 22.1 Å². The highest BCUT2D eigenvalue weighted by molar-refractivity contribution is 6.33. The first-order chi connectivity index (χ1) is 12.2. The van der Waals surface area contributed by atoms with E-state index in [1.165, 1.54) is 0 Å². The summed E-state index contributed by atoms with van der Waals surface area (Å²) in [6, 6.07) is 6.95. The number of nitrogens with two attached hydrogens (primary N) is 1. The summed E-state index contributed by atoms with van der Waals surface area (Å²) >= 11 is 5.98. The Morgan fingerprint density at radius 1 is 1.24 bits per heavy atom. The molecule has 0 aliphatic carbocycles. The van der Waals surface area contributed by atoms with E-state index in [2.05, 4.69) is 20.5 Å². The SMILES string of the molecule is NC(=NCCCN1CCOCC1)NCCNC(=O)c1ccccc1Cl. The van der Waals surface area contributed by atoms with Crippen LogP contribution >= 0.6 is 11.6 Å². The van der Waals surface area contributed by atoms with Crippen LogP contribution in [0, 0.1) is 0 Å². The molecule has 0 radical (unpaired) electrons. The molecule has 0 spiro atoms. The predicted molar refractivity (Wildman–Crippen MR) is 100 cm³/mol. The highest BCUT2D eigenvalue weighted by Crippen LogP contribution is 2.14. The molecule has 1 aliphatic rings. The number of hydrogen-bond acceptors (Lipinski definition) is 4. The Labute approximate surface area is 153 Å². The largest absolute Gasteiger partial charge is 0.379 e. The second-order valence-corrected chi connectivity index (χ2v) is 6.14. The monoisotopic (exact) mass is 367 g/mol. The number of carbonyl (C=O) groups is 1. The Hall–Kier alpha value is -1.83. The highest BCUT2D eigenvalue weighted by Gasteiger charge is 2.09. The molecule has 1 aromatic carbocycles. The summed E-state index contributed by atoms with van der Waals surface area (Å²) in [5.74, 6) is 0.197. The molecule has 0 saturated carbocycles. The van der Waals surface area contributed by atoms with Crippen LogP contribution in [0.1, 0.15) is 16.8 Å². The summed E-state index contributed by atoms with van der Waals surface area (Å²) in [5, 5.41) is 6.22. The third-order valence-electron chi connectivity index (χ3n) is 3.85. The van der Waals surface area contributed by atoms with E-state index in [1.54, 1.807) is 24.3 Å². The molecule has 0 atom stereocenters. The number of morpholine rings is 1. The van der Waals surface area contributed by atoms with Crippen LogP contribution in [-0.4, -0.2) is 69.2 Å². The van der Waals surface area contributed by atoms with Gasteiger partial charge in [0.1, 0.15) is 0 Å². The van der Waals surface area contributed by atoms with Crippen molar-refractivity contribution in [2.75, 3.05) is 52.5 Å². The van der Waals surface area contributed by atoms with Gasteiger partial charge in [-0.05, 0) is 18.6 Å². The van der Waals surface area contributed by atoms with Crippen LogP contribution < -0.4 is 16.4 Å². The number of nitrogens with zero attached hydrogens (tertiary/aromatic N) is 2. The van der Waals surface area contributed by atoms with Crippen molar-refractivity contribution in [1.82, 2.24) is 15.5 Å². The van der Waals surface area contributed by atoms with Crippen LogP contribution in [0.15, 0.2) is 29.3 Å². The van der Waals surface area contributed by atoms with E-state index in [1.807, 2.05) is 0 Å². The number of amides is 1. The van der Waals surface area contributed by atoms with E-state index < -0.39 is 0 Å². The first-order valence-corrected chi connectivity index (χ1v) is 8.91. The molecule has 8 heteroatoms. The van der Waals surface area contributed by atoms with Gasteiger partial charge in [-0.3, -0.25) is 14.7 Å². The second-order valence-electron chi connectivity index (χ2n) is 5.74. The zero-order valence-corrected chi connectivity index (χ0v) is 15.1. The maximum Gasteiger partial charge on any atom is 0.252 e. The number of guanidine groups is 1. The van der Waals surface area contributed by atoms with Crippen molar-refractivity contribution in [3.63, 3.8) is 0 Å². The zero-order valence-electron chi connectivity index (χ0n) is 14.3. The van der Waals surface area contributed by atoms with Crippen molar-refractivity contribution >= 4 is 23.5 Å². The van der Waals surface area contributed by atoms with E-state index in [9.17, 15) is 4.79 Å². The minimum Gasteiger partial charge on any atom is -0.379 e. The lowest BCUT2D eigenvalue weighted by Gasteiger charge is -2.26. The first-order valence-electron chi connectivity index (χ1n) is 8.53. The lowest BCUT2D eigenvalue weighted by molar-refractivity contribution is 0.0377. The Kier molecular flexibility index (Phi) is 8.51. The van der Waals surface area contributed by atoms with Crippen LogP contribution in [0.25, 0.3) is 0 Å². The molecule has 0 aromatic heterocycles. The van der Waals surface area contributed by atoms with Crippen molar-refractivity contribution in [3.8, 4) is 0 Å². The van der Waals surface area contributed by atoms with Crippen molar-refractivity contribution in [2.45, 2.75) is 6.42 Å². The van der Waals surface area contributed by atoms with Gasteiger partial charge in [0.15, 0.2) is 5.96 Å². The fourth-order valence-electron chi connectivity index (χ4n) is 2.48. The molecule has 0 unspecified atom stereocenters. The summed E-state index contributed by atoms with van der Waals surface area (Å²) < 4.78 is 5.31. The molecule has 1 aromatic rings. The third kappa shape index (κ3) is 7.29. The number of benzene rings is 1. The number of carbonyl (C=O) groups excluding carboxylic acids is 1. The number of halogens is 1. The van der Waals surface area contributed by atoms with Gasteiger partial charge < -0.3 is 21.1 Å². The zero-order chi connectivity index (χ0) is 17.9. The van der Waals surface area contributed by atoms with Gasteiger partial charge in [0.05, 0.1) is 23.8 Å². The van der Waals surface area contributed by atoms with E-state index >= 15 is 0 Å². The molecule has 138 valence electrons. The molecule has 0 bridgehead atoms. The second kappa shape index (κ2) is 10.9. The Morgan fingerprint density at radius 3 is 2.72 bits per heavy atom. The molecule has 1 aliphatic heterocycles. The summed E-state index contributed by atoms with van der Waals surface area (Å²) in [7, 11) is 0. The molecule has 1 saturated heterocycles. The fourth-order valence-corrected chi connectivity index (χ4v) is 2.70. The standard InChI is InChI=1S/C17H26ClN5O2/c18-15-5-2-1-4-14(15)16(24)20-7-8-22-17(19)21-6-3-9-23-10-12-25-13-11-23/h1-2,4-5H,3,6-13H2,(H,20,24)(H3,19,21,22). The number of nitrogens with one attached hydrogen (secondary N) is 2. The molecule has 25 heavy (non-hydrogen) atoms. The molecular formula is C17H26ClN5O2. The van der Waals surface area contributed by atoms with Crippen molar-refractivity contribution in [3.05, 3.63) is 34.9 Å². The summed E-state index contributed by atoms with van der Waals surface area (Å²) in [4.78, 5) is 18.6. The van der Waals surface area contributed by atoms with E-state index in [-0.39, 0.29) is 5.91 Å². The van der Waals surface area contributed by atoms with Gasteiger partial charge in [-0.15, -0.1) is 0 Å². The average molecular weight is 368 g/mol. The first kappa shape index (κ1) is 19.5. The van der Waals surface area contributed by atoms with Gasteiger partial charge in [-0.25, -0.2) is 0 Å². The van der Waals surface area contributed by atoms with Gasteiger partial charge >= 0.3 is 0 Å². The van der Waals surface area contributed by atoms with Crippen LogP contribution in [0.3, 0.4) is 0 Å². The lowest BCUT2D eigenvalue weighted by atomic mass is 10.2. The summed E-state index contributed by atoms with van der Waals surface area (Å²) in [6.07, 6.45) is 0.964. The van der Waals surface area contributed by atoms with Crippen LogP contribution in [-0.2, 0) is 4.74 Å². The third-order valence-corrected chi connectivity index (χ3v) is 4.18. The minimum absolute atomic E-state index is 0.201. The smallest absolute Gasteiger partial charge is 0.252 e. The van der Waals surface area contributed by atoms with Gasteiger partial charge in [-0.1, -0.05) is 23.7 Å². The summed E-state index contributed by atoms with van der Waals surface area (Å²) in [6.45, 7) is 6.24. The van der Waals surface area contributed by atoms with Crippen molar-refractivity contribution < 1.29 is 9.53 Å². The molecule has 1 heterocycles. The Balaban J connectivity index is 1.56. The number of aliphatic imine (C=N–C) groups is 1. The number of ether oxygens (including phenoxy) is 1. The van der Waals surface area contributed by atoms with Gasteiger partial charge in [0.25, 0.3) is 5.91 Å². The number of rotatable bonds is 8. The molecule has 4 N–H and O–H groups in total. The number of hydrogen-bond donors (Lipinski definition) is 3. The molecular weight excluding hydrogens is 342 g/mol. The van der Waals surface area contributed by atoms with Gasteiger partial charge in [-0.2, -0.15) is 0 Å². The minimum atomic E-state index is -0.201. The molecule has 1 amide bonds. The fraction of sp³-hybridized carbons (Fsp3) is 0.529. The predicted octanol–water partition coefficient (Wildman–Crippen LogP) is 0.696. The van der Waals surface area contributed by atoms with Gasteiger partial charge in [0.2, 0.25) is 0 Å². The molecule has 2 rings (SSSR count). The molecule has 1 fully saturated rings. The van der Waals surface area contributed by atoms with Gasteiger partial charge in [0, 0.05) is 39.3 Å². The van der Waals surface area contributed by atoms with Crippen molar-refractivity contribution in [1.29, 1.82) is 0 Å². The quantitative estimate of drug-likeness (QED) is 0.357. The topological polar surface area (TPSA) is 92.0 Å². The Bertz CT molecular complexity index is 576. The van der Waals surface area contributed by atoms with Crippen LogP contribution in [0.5, 0.6) is 0 Å². The van der Waals surface area contributed by atoms with E-state index in [0.717, 1.165) is 39.3 Å². The highest BCUT2D eigenvalue weighted by atomic mass is 35.5. The maximum atomic E-state index is 12.0. The van der Waals surface area contributed by atoms with Crippen molar-refractivity contribution in [2.24, 2.45) is 10.7 Å². The average Bonchev–Trinajstić information content (AvgIpc) is 2.63. The van der Waals surface area contributed by atoms with Crippen LogP contribution in [0.4, 0.5) is 0 Å². The van der Waals surface area contributed by atoms with E-state index in [0.29, 0.717) is 36.2 Å². The molecule has 7 nitrogen and oxygen atoms in total. The van der Waals surface area contributed by atoms with Crippen LogP contribution in [0.2, 0.25) is 5.02 Å². The lowest BCUT2D eigenvalue weighted by Crippen LogP contribution is -2.39. The maximum absolute atomic E-state index is 12.0. The Morgan fingerprint density at radius 2 is 1.96 bits per heavy atom. The normalized spacial score (nSPS) is 15.8.